The lowest BCUT2D eigenvalue weighted by molar-refractivity contribution is 0.0566. The molecule has 4 aromatic carbocycles. The lowest BCUT2D eigenvalue weighted by Crippen LogP contribution is -2.41. The summed E-state index contributed by atoms with van der Waals surface area (Å²) in [4.78, 5) is 19.1. The molecule has 2 atom stereocenters. The minimum absolute atomic E-state index is 0.0927. The van der Waals surface area contributed by atoms with Crippen molar-refractivity contribution in [1.29, 1.82) is 0 Å². The first-order valence-electron chi connectivity index (χ1n) is 14.8. The van der Waals surface area contributed by atoms with Crippen LogP contribution in [0.3, 0.4) is 0 Å². The zero-order valence-corrected chi connectivity index (χ0v) is 25.5. The molecule has 4 N–H and O–H groups in total. The average molecular weight is 626 g/mol. The van der Waals surface area contributed by atoms with Gasteiger partial charge >= 0.3 is 0 Å². The minimum atomic E-state index is -0.784. The van der Waals surface area contributed by atoms with E-state index < -0.39 is 6.10 Å². The van der Waals surface area contributed by atoms with E-state index in [1.54, 1.807) is 36.5 Å². The van der Waals surface area contributed by atoms with E-state index in [0.29, 0.717) is 52.5 Å². The quantitative estimate of drug-likeness (QED) is 0.128. The normalized spacial score (nSPS) is 12.6. The second kappa shape index (κ2) is 15.6. The van der Waals surface area contributed by atoms with Crippen molar-refractivity contribution < 1.29 is 24.9 Å². The highest BCUT2D eigenvalue weighted by atomic mass is 35.5. The van der Waals surface area contributed by atoms with Gasteiger partial charge in [0.25, 0.3) is 5.91 Å². The number of nitrogens with one attached hydrogen (secondary N) is 1. The Bertz CT molecular complexity index is 1700. The van der Waals surface area contributed by atoms with Crippen molar-refractivity contribution in [2.75, 3.05) is 26.3 Å². The molecule has 45 heavy (non-hydrogen) atoms. The molecule has 0 radical (unpaired) electrons. The number of para-hydroxylation sites is 1. The van der Waals surface area contributed by atoms with Gasteiger partial charge in [-0.1, -0.05) is 72.3 Å². The summed E-state index contributed by atoms with van der Waals surface area (Å²) >= 11 is 6.18. The number of pyridine rings is 1. The predicted molar refractivity (Wildman–Crippen MR) is 176 cm³/mol. The maximum atomic E-state index is 12.6. The Morgan fingerprint density at radius 2 is 1.69 bits per heavy atom. The summed E-state index contributed by atoms with van der Waals surface area (Å²) in [6, 6.07) is 31.7. The molecule has 0 spiro atoms. The zero-order valence-electron chi connectivity index (χ0n) is 24.7. The standard InChI is InChI=1S/C36H36ClN3O5/c37-28-9-4-8-27(21-28)33(43)23-40(22-26-6-2-1-3-7-26)29(24-42)20-25-12-14-30(15-13-25)45-34-16-17-38-35-31(34)10-5-11-32(35)36(44)39-18-19-41/h1-17,21,29,33,41-43H,18-20,22-24H2,(H,39,44)/t29-,33-/m0/s1. The summed E-state index contributed by atoms with van der Waals surface area (Å²) in [5.41, 5.74) is 3.71. The molecule has 0 bridgehead atoms. The van der Waals surface area contributed by atoms with Gasteiger partial charge in [0.15, 0.2) is 0 Å². The number of rotatable bonds is 14. The van der Waals surface area contributed by atoms with Crippen molar-refractivity contribution in [3.05, 3.63) is 137 Å². The summed E-state index contributed by atoms with van der Waals surface area (Å²) in [6.07, 6.45) is 1.37. The van der Waals surface area contributed by atoms with Crippen LogP contribution in [0.15, 0.2) is 109 Å². The van der Waals surface area contributed by atoms with Crippen LogP contribution < -0.4 is 10.1 Å². The summed E-state index contributed by atoms with van der Waals surface area (Å²) in [5, 5.41) is 34.6. The van der Waals surface area contributed by atoms with E-state index in [-0.39, 0.29) is 31.7 Å². The van der Waals surface area contributed by atoms with Crippen LogP contribution in [0.25, 0.3) is 10.9 Å². The third-order valence-corrected chi connectivity index (χ3v) is 7.83. The van der Waals surface area contributed by atoms with Crippen molar-refractivity contribution in [2.45, 2.75) is 25.1 Å². The van der Waals surface area contributed by atoms with Crippen LogP contribution in [0.5, 0.6) is 11.5 Å². The Morgan fingerprint density at radius 1 is 0.911 bits per heavy atom. The van der Waals surface area contributed by atoms with Crippen LogP contribution in [0, 0.1) is 0 Å². The molecule has 0 saturated heterocycles. The molecule has 232 valence electrons. The van der Waals surface area contributed by atoms with Gasteiger partial charge in [0.1, 0.15) is 11.5 Å². The number of ether oxygens (including phenoxy) is 1. The number of halogens is 1. The second-order valence-corrected chi connectivity index (χ2v) is 11.2. The van der Waals surface area contributed by atoms with E-state index in [4.69, 9.17) is 21.4 Å². The fraction of sp³-hybridized carbons (Fsp3) is 0.222. The molecule has 0 aliphatic rings. The van der Waals surface area contributed by atoms with Crippen LogP contribution in [0.4, 0.5) is 0 Å². The monoisotopic (exact) mass is 625 g/mol. The van der Waals surface area contributed by atoms with Crippen LogP contribution in [0.1, 0.15) is 33.2 Å². The number of aromatic nitrogens is 1. The number of hydrogen-bond acceptors (Lipinski definition) is 7. The average Bonchev–Trinajstić information content (AvgIpc) is 3.07. The summed E-state index contributed by atoms with van der Waals surface area (Å²) in [6.45, 7) is 0.784. The van der Waals surface area contributed by atoms with Gasteiger partial charge < -0.3 is 25.4 Å². The number of aliphatic hydroxyl groups is 3. The smallest absolute Gasteiger partial charge is 0.253 e. The molecule has 9 heteroatoms. The number of carbonyl (C=O) groups excluding carboxylic acids is 1. The van der Waals surface area contributed by atoms with Crippen LogP contribution in [-0.2, 0) is 13.0 Å². The molecule has 5 aromatic rings. The van der Waals surface area contributed by atoms with Gasteiger partial charge in [-0.2, -0.15) is 0 Å². The highest BCUT2D eigenvalue weighted by Gasteiger charge is 2.23. The highest BCUT2D eigenvalue weighted by molar-refractivity contribution is 6.30. The molecular weight excluding hydrogens is 590 g/mol. The lowest BCUT2D eigenvalue weighted by atomic mass is 10.0. The first-order valence-corrected chi connectivity index (χ1v) is 15.2. The Morgan fingerprint density at radius 3 is 2.42 bits per heavy atom. The maximum Gasteiger partial charge on any atom is 0.253 e. The molecule has 0 aliphatic heterocycles. The van der Waals surface area contributed by atoms with Crippen LogP contribution in [-0.4, -0.2) is 63.5 Å². The molecule has 0 fully saturated rings. The second-order valence-electron chi connectivity index (χ2n) is 10.8. The molecule has 1 heterocycles. The van der Waals surface area contributed by atoms with Crippen LogP contribution >= 0.6 is 11.6 Å². The van der Waals surface area contributed by atoms with Gasteiger partial charge in [-0.15, -0.1) is 0 Å². The number of benzene rings is 4. The Hall–Kier alpha value is -4.31. The van der Waals surface area contributed by atoms with Crippen molar-refractivity contribution in [2.24, 2.45) is 0 Å². The Labute approximate surface area is 267 Å². The molecule has 8 nitrogen and oxygen atoms in total. The first kappa shape index (κ1) is 32.1. The molecule has 0 aliphatic carbocycles. The fourth-order valence-corrected chi connectivity index (χ4v) is 5.49. The largest absolute Gasteiger partial charge is 0.457 e. The first-order chi connectivity index (χ1) is 21.9. The maximum absolute atomic E-state index is 12.6. The fourth-order valence-electron chi connectivity index (χ4n) is 5.29. The molecule has 1 aromatic heterocycles. The number of nitrogens with zero attached hydrogens (tertiary/aromatic N) is 2. The molecule has 1 amide bonds. The van der Waals surface area contributed by atoms with E-state index in [2.05, 4.69) is 15.2 Å². The number of hydrogen-bond donors (Lipinski definition) is 4. The van der Waals surface area contributed by atoms with Crippen molar-refractivity contribution in [1.82, 2.24) is 15.2 Å². The van der Waals surface area contributed by atoms with Gasteiger partial charge in [-0.05, 0) is 65.6 Å². The highest BCUT2D eigenvalue weighted by Crippen LogP contribution is 2.31. The third-order valence-electron chi connectivity index (χ3n) is 7.59. The van der Waals surface area contributed by atoms with Crippen molar-refractivity contribution >= 4 is 28.4 Å². The van der Waals surface area contributed by atoms with E-state index in [1.807, 2.05) is 72.8 Å². The molecular formula is C36H36ClN3O5. The third kappa shape index (κ3) is 8.45. The van der Waals surface area contributed by atoms with Crippen molar-refractivity contribution in [3.63, 3.8) is 0 Å². The molecule has 5 rings (SSSR count). The van der Waals surface area contributed by atoms with Gasteiger partial charge in [-0.25, -0.2) is 0 Å². The lowest BCUT2D eigenvalue weighted by Gasteiger charge is -2.32. The predicted octanol–water partition coefficient (Wildman–Crippen LogP) is 5.54. The molecule has 0 unspecified atom stereocenters. The number of fused-ring (bicyclic) bond motifs is 1. The zero-order chi connectivity index (χ0) is 31.6. The number of amides is 1. The van der Waals surface area contributed by atoms with Crippen LogP contribution in [0.2, 0.25) is 5.02 Å². The minimum Gasteiger partial charge on any atom is -0.457 e. The van der Waals surface area contributed by atoms with Gasteiger partial charge in [0.2, 0.25) is 0 Å². The van der Waals surface area contributed by atoms with E-state index in [1.165, 1.54) is 0 Å². The SMILES string of the molecule is O=C(NCCO)c1cccc2c(Oc3ccc(C[C@@H](CO)N(Cc4ccccc4)C[C@H](O)c4cccc(Cl)c4)cc3)ccnc12. The number of carbonyl (C=O) groups is 1. The van der Waals surface area contributed by atoms with Gasteiger partial charge in [0.05, 0.1) is 30.4 Å². The van der Waals surface area contributed by atoms with E-state index in [0.717, 1.165) is 16.7 Å². The Kier molecular flexibility index (Phi) is 11.1. The summed E-state index contributed by atoms with van der Waals surface area (Å²) in [7, 11) is 0. The Balaban J connectivity index is 1.32. The van der Waals surface area contributed by atoms with Gasteiger partial charge in [0, 0.05) is 42.3 Å². The topological polar surface area (TPSA) is 115 Å². The van der Waals surface area contributed by atoms with Crippen molar-refractivity contribution in [3.8, 4) is 11.5 Å². The number of aliphatic hydroxyl groups excluding tert-OH is 3. The summed E-state index contributed by atoms with van der Waals surface area (Å²) < 4.78 is 6.22. The summed E-state index contributed by atoms with van der Waals surface area (Å²) in [5.74, 6) is 0.852. The van der Waals surface area contributed by atoms with E-state index >= 15 is 0 Å². The van der Waals surface area contributed by atoms with E-state index in [9.17, 15) is 15.0 Å². The van der Waals surface area contributed by atoms with Gasteiger partial charge in [-0.3, -0.25) is 14.7 Å². The molecule has 0 saturated carbocycles.